The third-order valence-corrected chi connectivity index (χ3v) is 13.7. The molecule has 5 aliphatic heterocycles. The van der Waals surface area contributed by atoms with E-state index in [-0.39, 0.29) is 47.6 Å². The molecule has 5 fully saturated rings. The number of fused-ring (bicyclic) bond motifs is 1. The van der Waals surface area contributed by atoms with Crippen molar-refractivity contribution in [3.63, 3.8) is 0 Å². The fraction of sp³-hybridized carbons (Fsp3) is 0.512. The molecule has 1 aliphatic carbocycles. The van der Waals surface area contributed by atoms with Gasteiger partial charge in [-0.05, 0) is 93.3 Å². The maximum Gasteiger partial charge on any atom is 0.320 e. The van der Waals surface area contributed by atoms with E-state index in [1.165, 1.54) is 5.56 Å². The SMILES string of the molecule is CN1CCN([C@H]2CCCN(c3cnc(C(N)O)c(Nc4ccc(C5(C)CCN(C6CC(Nc7cccc8c7C(=O)N(C7CCC(=O)NC7=O)C8=O)C6)CC5)cc4)n3)C2)C1=O. The smallest absolute Gasteiger partial charge is 0.320 e. The second-order valence-corrected chi connectivity index (χ2v) is 17.5. The van der Waals surface area contributed by atoms with Crippen molar-refractivity contribution >= 4 is 52.7 Å². The van der Waals surface area contributed by atoms with Crippen molar-refractivity contribution in [2.45, 2.75) is 94.1 Å². The molecule has 2 aromatic carbocycles. The fourth-order valence-corrected chi connectivity index (χ4v) is 9.90. The third-order valence-electron chi connectivity index (χ3n) is 13.7. The lowest BCUT2D eigenvalue weighted by Gasteiger charge is -2.48. The Morgan fingerprint density at radius 2 is 1.70 bits per heavy atom. The summed E-state index contributed by atoms with van der Waals surface area (Å²) in [6, 6.07) is 13.3. The minimum Gasteiger partial charge on any atom is -0.382 e. The summed E-state index contributed by atoms with van der Waals surface area (Å²) in [5.74, 6) is -0.955. The third kappa shape index (κ3) is 7.32. The van der Waals surface area contributed by atoms with Crippen LogP contribution in [0.1, 0.15) is 96.5 Å². The van der Waals surface area contributed by atoms with E-state index in [0.717, 1.165) is 81.8 Å². The number of aromatic nitrogens is 2. The highest BCUT2D eigenvalue weighted by Crippen LogP contribution is 2.40. The van der Waals surface area contributed by atoms with Gasteiger partial charge in [0, 0.05) is 63.1 Å². The monoisotopic (exact) mass is 819 g/mol. The number of carbonyl (C=O) groups is 5. The summed E-state index contributed by atoms with van der Waals surface area (Å²) in [5.41, 5.74) is 9.41. The zero-order valence-corrected chi connectivity index (χ0v) is 34.1. The van der Waals surface area contributed by atoms with Gasteiger partial charge in [0.2, 0.25) is 11.8 Å². The number of piperidine rings is 3. The standard InChI is InChI=1S/C43H53N11O6/c1-43(25-8-10-26(11-9-25)47-38-36(37(44)56)45-23-33(48-38)52-16-4-5-28(24-52)53-20-19-50(2)42(53)60)14-17-51(18-15-43)29-21-27(22-29)46-31-7-3-6-30-35(31)41(59)54(40(30)58)32-12-13-34(55)49-39(32)57/h3,6-11,23,27-29,32,37,46,56H,4-5,12-22,24,44H2,1-2H3,(H,47,48)(H,49,55,57)/t27?,28-,29?,32?,37?/m0/s1. The van der Waals surface area contributed by atoms with E-state index in [2.05, 4.69) is 49.8 Å². The van der Waals surface area contributed by atoms with Crippen molar-refractivity contribution in [1.29, 1.82) is 0 Å². The Kier molecular flexibility index (Phi) is 10.4. The van der Waals surface area contributed by atoms with E-state index >= 15 is 0 Å². The number of likely N-dealkylation sites (tertiary alicyclic amines) is 1. The molecule has 9 rings (SSSR count). The van der Waals surface area contributed by atoms with E-state index < -0.39 is 35.9 Å². The highest BCUT2D eigenvalue weighted by atomic mass is 16.3. The summed E-state index contributed by atoms with van der Waals surface area (Å²) in [4.78, 5) is 82.6. The molecule has 3 atom stereocenters. The molecule has 1 saturated carbocycles. The van der Waals surface area contributed by atoms with E-state index in [0.29, 0.717) is 35.5 Å². The lowest BCUT2D eigenvalue weighted by molar-refractivity contribution is -0.136. The van der Waals surface area contributed by atoms with Gasteiger partial charge in [0.25, 0.3) is 11.8 Å². The molecule has 6 N–H and O–H groups in total. The van der Waals surface area contributed by atoms with Gasteiger partial charge in [-0.2, -0.15) is 0 Å². The van der Waals surface area contributed by atoms with Crippen molar-refractivity contribution in [3.8, 4) is 0 Å². The molecule has 60 heavy (non-hydrogen) atoms. The summed E-state index contributed by atoms with van der Waals surface area (Å²) in [6.07, 6.45) is 6.24. The highest BCUT2D eigenvalue weighted by molar-refractivity contribution is 6.25. The summed E-state index contributed by atoms with van der Waals surface area (Å²) in [7, 11) is 1.84. The van der Waals surface area contributed by atoms with Crippen LogP contribution < -0.4 is 26.6 Å². The molecule has 1 aromatic heterocycles. The number of hydrogen-bond donors (Lipinski definition) is 5. The Morgan fingerprint density at radius 1 is 0.933 bits per heavy atom. The molecule has 6 heterocycles. The van der Waals surface area contributed by atoms with Gasteiger partial charge in [-0.25, -0.2) is 14.8 Å². The van der Waals surface area contributed by atoms with E-state index in [9.17, 15) is 29.1 Å². The predicted octanol–water partition coefficient (Wildman–Crippen LogP) is 2.90. The molecule has 6 aliphatic rings. The number of rotatable bonds is 10. The Labute approximate surface area is 348 Å². The molecule has 6 amide bonds. The maximum atomic E-state index is 13.6. The van der Waals surface area contributed by atoms with Crippen LogP contribution in [0.4, 0.5) is 27.8 Å². The van der Waals surface area contributed by atoms with Gasteiger partial charge in [-0.15, -0.1) is 0 Å². The molecule has 17 nitrogen and oxygen atoms in total. The molecular weight excluding hydrogens is 767 g/mol. The van der Waals surface area contributed by atoms with Crippen LogP contribution in [0.3, 0.4) is 0 Å². The number of aliphatic hydroxyl groups is 1. The first-order valence-corrected chi connectivity index (χ1v) is 21.2. The van der Waals surface area contributed by atoms with Crippen molar-refractivity contribution in [2.75, 3.05) is 61.8 Å². The first kappa shape index (κ1) is 39.8. The Morgan fingerprint density at radius 3 is 2.40 bits per heavy atom. The molecule has 0 bridgehead atoms. The quantitative estimate of drug-likeness (QED) is 0.148. The Bertz CT molecular complexity index is 2200. The Balaban J connectivity index is 0.791. The zero-order valence-electron chi connectivity index (χ0n) is 34.1. The van der Waals surface area contributed by atoms with Crippen LogP contribution in [0.5, 0.6) is 0 Å². The predicted molar refractivity (Wildman–Crippen MR) is 223 cm³/mol. The van der Waals surface area contributed by atoms with Gasteiger partial charge in [-0.3, -0.25) is 29.4 Å². The minimum absolute atomic E-state index is 0.00299. The van der Waals surface area contributed by atoms with Crippen LogP contribution in [0.15, 0.2) is 48.7 Å². The van der Waals surface area contributed by atoms with Gasteiger partial charge in [0.05, 0.1) is 23.4 Å². The van der Waals surface area contributed by atoms with Gasteiger partial charge >= 0.3 is 6.03 Å². The van der Waals surface area contributed by atoms with Gasteiger partial charge in [0.1, 0.15) is 23.8 Å². The van der Waals surface area contributed by atoms with Gasteiger partial charge in [0.15, 0.2) is 5.82 Å². The fourth-order valence-electron chi connectivity index (χ4n) is 9.90. The normalized spacial score (nSPS) is 26.2. The molecule has 316 valence electrons. The summed E-state index contributed by atoms with van der Waals surface area (Å²) in [5, 5.41) is 19.5. The number of nitrogens with two attached hydrogens (primary N) is 1. The maximum absolute atomic E-state index is 13.6. The summed E-state index contributed by atoms with van der Waals surface area (Å²) < 4.78 is 0. The number of benzene rings is 2. The van der Waals surface area contributed by atoms with Crippen LogP contribution in [0, 0.1) is 0 Å². The summed E-state index contributed by atoms with van der Waals surface area (Å²) in [6.45, 7) is 7.16. The van der Waals surface area contributed by atoms with E-state index in [1.54, 1.807) is 23.2 Å². The second-order valence-electron chi connectivity index (χ2n) is 17.5. The lowest BCUT2D eigenvalue weighted by Crippen LogP contribution is -2.54. The minimum atomic E-state index is -1.31. The van der Waals surface area contributed by atoms with Crippen molar-refractivity contribution in [2.24, 2.45) is 5.73 Å². The molecule has 0 spiro atoms. The number of anilines is 4. The number of hydrogen-bond acceptors (Lipinski definition) is 13. The number of likely N-dealkylation sites (N-methyl/N-ethyl adjacent to an activating group) is 1. The molecule has 0 radical (unpaired) electrons. The van der Waals surface area contributed by atoms with Crippen LogP contribution in [-0.4, -0.2) is 135 Å². The van der Waals surface area contributed by atoms with Gasteiger partial charge < -0.3 is 41.1 Å². The van der Waals surface area contributed by atoms with Crippen LogP contribution in [-0.2, 0) is 15.0 Å². The zero-order chi connectivity index (χ0) is 41.9. The van der Waals surface area contributed by atoms with Crippen molar-refractivity contribution in [3.05, 3.63) is 71.0 Å². The first-order valence-electron chi connectivity index (χ1n) is 21.2. The first-order chi connectivity index (χ1) is 28.9. The topological polar surface area (TPSA) is 210 Å². The molecule has 17 heteroatoms. The summed E-state index contributed by atoms with van der Waals surface area (Å²) >= 11 is 0. The highest BCUT2D eigenvalue weighted by Gasteiger charge is 2.46. The second kappa shape index (κ2) is 15.7. The largest absolute Gasteiger partial charge is 0.382 e. The van der Waals surface area contributed by atoms with E-state index in [4.69, 9.17) is 10.7 Å². The van der Waals surface area contributed by atoms with Crippen LogP contribution in [0.25, 0.3) is 0 Å². The number of nitrogens with one attached hydrogen (secondary N) is 3. The average Bonchev–Trinajstić information content (AvgIpc) is 3.70. The number of imide groups is 2. The molecule has 4 saturated heterocycles. The number of carbonyl (C=O) groups excluding carboxylic acids is 5. The number of nitrogens with zero attached hydrogens (tertiary/aromatic N) is 7. The van der Waals surface area contributed by atoms with Crippen molar-refractivity contribution < 1.29 is 29.1 Å². The van der Waals surface area contributed by atoms with Gasteiger partial charge in [-0.1, -0.05) is 25.1 Å². The Hall–Kier alpha value is -5.65. The number of amides is 6. The molecular formula is C43H53N11O6. The molecule has 3 aromatic rings. The number of aliphatic hydroxyl groups excluding tert-OH is 1. The lowest BCUT2D eigenvalue weighted by atomic mass is 9.73. The average molecular weight is 820 g/mol. The van der Waals surface area contributed by atoms with E-state index in [1.807, 2.05) is 30.1 Å². The van der Waals surface area contributed by atoms with Crippen LogP contribution in [0.2, 0.25) is 0 Å². The molecule has 2 unspecified atom stereocenters. The van der Waals surface area contributed by atoms with Crippen molar-refractivity contribution in [1.82, 2.24) is 34.9 Å². The number of urea groups is 1. The van der Waals surface area contributed by atoms with Crippen LogP contribution >= 0.6 is 0 Å².